The van der Waals surface area contributed by atoms with Gasteiger partial charge in [0.2, 0.25) is 11.9 Å². The zero-order valence-corrected chi connectivity index (χ0v) is 17.2. The molecule has 0 unspecified atom stereocenters. The number of aromatic nitrogens is 4. The number of nitrogens with zero attached hydrogens (tertiary/aromatic N) is 6. The van der Waals surface area contributed by atoms with Crippen LogP contribution in [0.5, 0.6) is 0 Å². The molecule has 0 atom stereocenters. The summed E-state index contributed by atoms with van der Waals surface area (Å²) >= 11 is 0. The van der Waals surface area contributed by atoms with Gasteiger partial charge in [-0.2, -0.15) is 0 Å². The van der Waals surface area contributed by atoms with Gasteiger partial charge in [0, 0.05) is 43.4 Å². The fraction of sp³-hybridized carbons (Fsp3) is 0.545. The Labute approximate surface area is 170 Å². The largest absolute Gasteiger partial charge is 0.339 e. The number of amides is 1. The van der Waals surface area contributed by atoms with Gasteiger partial charge < -0.3 is 9.80 Å². The average molecular weight is 393 g/mol. The van der Waals surface area contributed by atoms with Gasteiger partial charge in [-0.3, -0.25) is 4.79 Å². The van der Waals surface area contributed by atoms with Crippen LogP contribution in [0.3, 0.4) is 0 Å². The van der Waals surface area contributed by atoms with Crippen molar-refractivity contribution in [2.75, 3.05) is 31.1 Å². The number of fused-ring (bicyclic) bond motifs is 3. The lowest BCUT2D eigenvalue weighted by Crippen LogP contribution is -2.50. The second-order valence-corrected chi connectivity index (χ2v) is 8.59. The highest BCUT2D eigenvalue weighted by molar-refractivity contribution is 5.92. The first-order chi connectivity index (χ1) is 14.1. The topological polar surface area (TPSA) is 66.6 Å². The summed E-state index contributed by atoms with van der Waals surface area (Å²) in [7, 11) is 0. The highest BCUT2D eigenvalue weighted by Gasteiger charge is 2.31. The highest BCUT2D eigenvalue weighted by Crippen LogP contribution is 2.29. The number of hydrogen-bond donors (Lipinski definition) is 0. The lowest BCUT2D eigenvalue weighted by molar-refractivity contribution is -0.135. The number of hydrogen-bond acceptors (Lipinski definition) is 5. The maximum absolute atomic E-state index is 12.8. The minimum atomic E-state index is 0.247. The highest BCUT2D eigenvalue weighted by atomic mass is 16.2. The van der Waals surface area contributed by atoms with Crippen LogP contribution in [0.4, 0.5) is 5.95 Å². The summed E-state index contributed by atoms with van der Waals surface area (Å²) in [5.74, 6) is 2.67. The molecule has 7 heteroatoms. The molecule has 0 radical (unpaired) electrons. The van der Waals surface area contributed by atoms with E-state index in [4.69, 9.17) is 4.98 Å². The molecule has 1 amide bonds. The van der Waals surface area contributed by atoms with E-state index in [-0.39, 0.29) is 11.8 Å². The summed E-state index contributed by atoms with van der Waals surface area (Å²) in [6.07, 6.45) is 4.51. The predicted molar refractivity (Wildman–Crippen MR) is 113 cm³/mol. The molecule has 1 aromatic carbocycles. The summed E-state index contributed by atoms with van der Waals surface area (Å²) in [5.41, 5.74) is 1.79. The van der Waals surface area contributed by atoms with E-state index >= 15 is 0 Å². The lowest BCUT2D eigenvalue weighted by Gasteiger charge is -2.36. The standard InChI is InChI=1S/C22H28N6O/c1-15(2)19-24-25-20-17-9-5-6-10-18(17)23-22(28(19)20)27-13-11-26(12-14-27)21(29)16-7-3-4-8-16/h5-6,9-10,15-16H,3-4,7-8,11-14H2,1-2H3. The molecule has 0 N–H and O–H groups in total. The Morgan fingerprint density at radius 2 is 1.76 bits per heavy atom. The molecule has 0 spiro atoms. The Balaban J connectivity index is 1.48. The number of piperazine rings is 1. The number of para-hydroxylation sites is 1. The Morgan fingerprint density at radius 3 is 2.48 bits per heavy atom. The van der Waals surface area contributed by atoms with E-state index in [0.717, 1.165) is 67.3 Å². The van der Waals surface area contributed by atoms with Gasteiger partial charge in [0.1, 0.15) is 5.82 Å². The van der Waals surface area contributed by atoms with Crippen LogP contribution in [-0.2, 0) is 4.79 Å². The minimum Gasteiger partial charge on any atom is -0.339 e. The molecule has 1 aliphatic heterocycles. The van der Waals surface area contributed by atoms with Gasteiger partial charge in [0.25, 0.3) is 0 Å². The van der Waals surface area contributed by atoms with Crippen molar-refractivity contribution >= 4 is 28.4 Å². The van der Waals surface area contributed by atoms with E-state index < -0.39 is 0 Å². The van der Waals surface area contributed by atoms with Gasteiger partial charge in [0.15, 0.2) is 5.65 Å². The molecule has 1 saturated heterocycles. The van der Waals surface area contributed by atoms with E-state index in [0.29, 0.717) is 5.91 Å². The van der Waals surface area contributed by atoms with Crippen LogP contribution >= 0.6 is 0 Å². The van der Waals surface area contributed by atoms with Crippen LogP contribution in [0.1, 0.15) is 51.3 Å². The van der Waals surface area contributed by atoms with Gasteiger partial charge >= 0.3 is 0 Å². The number of rotatable bonds is 3. The van der Waals surface area contributed by atoms with Crippen molar-refractivity contribution in [2.24, 2.45) is 5.92 Å². The van der Waals surface area contributed by atoms with Crippen LogP contribution < -0.4 is 4.90 Å². The Kier molecular flexibility index (Phi) is 4.60. The second kappa shape index (κ2) is 7.28. The molecule has 1 aliphatic carbocycles. The molecule has 2 fully saturated rings. The third-order valence-corrected chi connectivity index (χ3v) is 6.35. The average Bonchev–Trinajstić information content (AvgIpc) is 3.43. The van der Waals surface area contributed by atoms with Crippen molar-refractivity contribution in [3.8, 4) is 0 Å². The molecule has 29 heavy (non-hydrogen) atoms. The van der Waals surface area contributed by atoms with E-state index in [1.165, 1.54) is 12.8 Å². The van der Waals surface area contributed by atoms with Gasteiger partial charge in [-0.15, -0.1) is 10.2 Å². The second-order valence-electron chi connectivity index (χ2n) is 8.59. The Hall–Kier alpha value is -2.70. The molecule has 3 aromatic rings. The normalized spacial score (nSPS) is 18.4. The maximum atomic E-state index is 12.8. The number of anilines is 1. The Bertz CT molecular complexity index is 1040. The van der Waals surface area contributed by atoms with Crippen molar-refractivity contribution in [1.82, 2.24) is 24.5 Å². The van der Waals surface area contributed by atoms with Crippen LogP contribution in [0.25, 0.3) is 16.6 Å². The summed E-state index contributed by atoms with van der Waals surface area (Å²) in [5, 5.41) is 10.00. The van der Waals surface area contributed by atoms with E-state index in [2.05, 4.69) is 44.3 Å². The zero-order valence-electron chi connectivity index (χ0n) is 17.2. The monoisotopic (exact) mass is 392 g/mol. The zero-order chi connectivity index (χ0) is 20.0. The summed E-state index contributed by atoms with van der Waals surface area (Å²) in [6.45, 7) is 7.35. The van der Waals surface area contributed by atoms with Crippen molar-refractivity contribution in [2.45, 2.75) is 45.4 Å². The van der Waals surface area contributed by atoms with Crippen LogP contribution in [-0.4, -0.2) is 56.6 Å². The maximum Gasteiger partial charge on any atom is 0.225 e. The molecular weight excluding hydrogens is 364 g/mol. The number of carbonyl (C=O) groups excluding carboxylic acids is 1. The van der Waals surface area contributed by atoms with Crippen molar-refractivity contribution in [1.29, 1.82) is 0 Å². The fourth-order valence-corrected chi connectivity index (χ4v) is 4.73. The lowest BCUT2D eigenvalue weighted by atomic mass is 10.1. The van der Waals surface area contributed by atoms with Crippen LogP contribution in [0.15, 0.2) is 24.3 Å². The van der Waals surface area contributed by atoms with Gasteiger partial charge in [0.05, 0.1) is 5.52 Å². The SMILES string of the molecule is CC(C)c1nnc2c3ccccc3nc(N3CCN(C(=O)C4CCCC4)CC3)n12. The Morgan fingerprint density at radius 1 is 1.03 bits per heavy atom. The van der Waals surface area contributed by atoms with Gasteiger partial charge in [-0.25, -0.2) is 9.38 Å². The molecule has 152 valence electrons. The molecule has 2 aromatic heterocycles. The predicted octanol–water partition coefficient (Wildman–Crippen LogP) is 3.24. The van der Waals surface area contributed by atoms with E-state index in [9.17, 15) is 4.79 Å². The number of carbonyl (C=O) groups is 1. The smallest absolute Gasteiger partial charge is 0.225 e. The summed E-state index contributed by atoms with van der Waals surface area (Å²) in [6, 6.07) is 8.11. The third-order valence-electron chi connectivity index (χ3n) is 6.35. The third kappa shape index (κ3) is 3.12. The minimum absolute atomic E-state index is 0.247. The van der Waals surface area contributed by atoms with Crippen molar-refractivity contribution in [3.05, 3.63) is 30.1 Å². The first-order valence-electron chi connectivity index (χ1n) is 10.8. The number of benzene rings is 1. The summed E-state index contributed by atoms with van der Waals surface area (Å²) < 4.78 is 2.11. The molecule has 1 saturated carbocycles. The summed E-state index contributed by atoms with van der Waals surface area (Å²) in [4.78, 5) is 22.1. The van der Waals surface area contributed by atoms with E-state index in [1.54, 1.807) is 0 Å². The molecule has 0 bridgehead atoms. The van der Waals surface area contributed by atoms with Gasteiger partial charge in [-0.1, -0.05) is 38.8 Å². The molecule has 5 rings (SSSR count). The van der Waals surface area contributed by atoms with Crippen molar-refractivity contribution in [3.63, 3.8) is 0 Å². The molecular formula is C22H28N6O. The molecule has 3 heterocycles. The molecule has 7 nitrogen and oxygen atoms in total. The van der Waals surface area contributed by atoms with Crippen molar-refractivity contribution < 1.29 is 4.79 Å². The first kappa shape index (κ1) is 18.3. The van der Waals surface area contributed by atoms with E-state index in [1.807, 2.05) is 18.2 Å². The van der Waals surface area contributed by atoms with Crippen LogP contribution in [0, 0.1) is 5.92 Å². The fourth-order valence-electron chi connectivity index (χ4n) is 4.73. The van der Waals surface area contributed by atoms with Gasteiger partial charge in [-0.05, 0) is 25.0 Å². The quantitative estimate of drug-likeness (QED) is 0.685. The first-order valence-corrected chi connectivity index (χ1v) is 10.8. The van der Waals surface area contributed by atoms with Crippen LogP contribution in [0.2, 0.25) is 0 Å². The molecule has 2 aliphatic rings.